The van der Waals surface area contributed by atoms with Crippen LogP contribution in [-0.4, -0.2) is 30.1 Å². The topological polar surface area (TPSA) is 67.9 Å². The highest BCUT2D eigenvalue weighted by Gasteiger charge is 2.30. The Hall–Kier alpha value is -3.28. The smallest absolute Gasteiger partial charge is 0.258 e. The van der Waals surface area contributed by atoms with E-state index in [0.717, 1.165) is 11.1 Å². The van der Waals surface area contributed by atoms with Crippen LogP contribution in [0.25, 0.3) is 5.70 Å². The molecule has 0 radical (unpaired) electrons. The first-order valence-corrected chi connectivity index (χ1v) is 8.83. The minimum atomic E-state index is -0.179. The van der Waals surface area contributed by atoms with Gasteiger partial charge in [-0.1, -0.05) is 30.8 Å². The molecule has 0 unspecified atom stereocenters. The quantitative estimate of drug-likeness (QED) is 0.885. The number of nitrogens with one attached hydrogen (secondary N) is 1. The van der Waals surface area contributed by atoms with E-state index in [-0.39, 0.29) is 31.1 Å². The Kier molecular flexibility index (Phi) is 4.32. The van der Waals surface area contributed by atoms with Gasteiger partial charge < -0.3 is 19.7 Å². The van der Waals surface area contributed by atoms with Crippen molar-refractivity contribution in [3.63, 3.8) is 0 Å². The Morgan fingerprint density at radius 3 is 2.70 bits per heavy atom. The Labute approximate surface area is 157 Å². The van der Waals surface area contributed by atoms with E-state index in [1.165, 1.54) is 0 Å². The summed E-state index contributed by atoms with van der Waals surface area (Å²) >= 11 is 0. The third-order valence-electron chi connectivity index (χ3n) is 4.88. The molecule has 27 heavy (non-hydrogen) atoms. The summed E-state index contributed by atoms with van der Waals surface area (Å²) in [6.07, 6.45) is 0.202. The number of carbonyl (C=O) groups is 2. The number of amides is 2. The summed E-state index contributed by atoms with van der Waals surface area (Å²) in [4.78, 5) is 26.4. The molecular weight excluding hydrogens is 344 g/mol. The molecule has 2 amide bonds. The molecule has 2 aromatic carbocycles. The van der Waals surface area contributed by atoms with Gasteiger partial charge in [0, 0.05) is 29.8 Å². The van der Waals surface area contributed by atoms with E-state index in [1.54, 1.807) is 11.0 Å². The molecule has 2 aliphatic heterocycles. The van der Waals surface area contributed by atoms with Crippen LogP contribution in [0.4, 0.5) is 0 Å². The second kappa shape index (κ2) is 6.79. The van der Waals surface area contributed by atoms with Crippen LogP contribution < -0.4 is 14.8 Å². The van der Waals surface area contributed by atoms with E-state index >= 15 is 0 Å². The second-order valence-corrected chi connectivity index (χ2v) is 6.60. The molecule has 2 heterocycles. The zero-order chi connectivity index (χ0) is 19.0. The average Bonchev–Trinajstić information content (AvgIpc) is 3.23. The van der Waals surface area contributed by atoms with Gasteiger partial charge in [0.15, 0.2) is 11.5 Å². The summed E-state index contributed by atoms with van der Waals surface area (Å²) in [7, 11) is 0. The van der Waals surface area contributed by atoms with Crippen molar-refractivity contribution in [2.75, 3.05) is 13.3 Å². The van der Waals surface area contributed by atoms with E-state index in [4.69, 9.17) is 9.47 Å². The zero-order valence-electron chi connectivity index (χ0n) is 15.0. The van der Waals surface area contributed by atoms with Crippen molar-refractivity contribution >= 4 is 17.5 Å². The zero-order valence-corrected chi connectivity index (χ0v) is 15.0. The molecule has 138 valence electrons. The molecule has 0 bridgehead atoms. The maximum absolute atomic E-state index is 12.5. The van der Waals surface area contributed by atoms with Gasteiger partial charge in [0.05, 0.1) is 6.04 Å². The minimum Gasteiger partial charge on any atom is -0.454 e. The lowest BCUT2D eigenvalue weighted by atomic mass is 10.1. The Bertz CT molecular complexity index is 903. The van der Waals surface area contributed by atoms with Crippen LogP contribution in [0.3, 0.4) is 0 Å². The molecule has 0 saturated heterocycles. The van der Waals surface area contributed by atoms with Crippen LogP contribution in [0.2, 0.25) is 0 Å². The van der Waals surface area contributed by atoms with Crippen molar-refractivity contribution in [1.29, 1.82) is 0 Å². The van der Waals surface area contributed by atoms with Crippen molar-refractivity contribution in [2.24, 2.45) is 0 Å². The second-order valence-electron chi connectivity index (χ2n) is 6.60. The maximum atomic E-state index is 12.5. The van der Waals surface area contributed by atoms with E-state index < -0.39 is 0 Å². The number of ether oxygens (including phenoxy) is 2. The highest BCUT2D eigenvalue weighted by Crippen LogP contribution is 2.34. The monoisotopic (exact) mass is 364 g/mol. The normalized spacial score (nSPS) is 15.7. The van der Waals surface area contributed by atoms with Crippen molar-refractivity contribution in [1.82, 2.24) is 10.2 Å². The first-order chi connectivity index (χ1) is 13.0. The predicted octanol–water partition coefficient (Wildman–Crippen LogP) is 3.11. The highest BCUT2D eigenvalue weighted by atomic mass is 16.7. The standard InChI is InChI=1S/C21H20N2O4/c1-13(15-7-8-18-19(11-15)27-12-26-18)22-20(24)9-10-23-14(2)16-5-3-4-6-17(16)21(23)25/h3-8,11,13H,2,9-10,12H2,1H3,(H,22,24)/t13-/m1/s1. The van der Waals surface area contributed by atoms with Gasteiger partial charge >= 0.3 is 0 Å². The van der Waals surface area contributed by atoms with E-state index in [1.807, 2.05) is 43.3 Å². The fourth-order valence-corrected chi connectivity index (χ4v) is 3.36. The molecule has 0 saturated carbocycles. The molecule has 1 N–H and O–H groups in total. The largest absolute Gasteiger partial charge is 0.454 e. The molecule has 0 fully saturated rings. The summed E-state index contributed by atoms with van der Waals surface area (Å²) in [5.74, 6) is 1.16. The minimum absolute atomic E-state index is 0.104. The molecule has 2 aromatic rings. The lowest BCUT2D eigenvalue weighted by Gasteiger charge is -2.19. The molecule has 0 aromatic heterocycles. The first-order valence-electron chi connectivity index (χ1n) is 8.83. The van der Waals surface area contributed by atoms with Gasteiger partial charge in [-0.05, 0) is 30.7 Å². The molecule has 6 nitrogen and oxygen atoms in total. The van der Waals surface area contributed by atoms with E-state index in [9.17, 15) is 9.59 Å². The van der Waals surface area contributed by atoms with Gasteiger partial charge in [0.2, 0.25) is 12.7 Å². The molecule has 6 heteroatoms. The Balaban J connectivity index is 1.35. The highest BCUT2D eigenvalue weighted by molar-refractivity contribution is 6.08. The summed E-state index contributed by atoms with van der Waals surface area (Å²) in [6.45, 7) is 6.42. The average molecular weight is 364 g/mol. The number of hydrogen-bond acceptors (Lipinski definition) is 4. The van der Waals surface area contributed by atoms with Gasteiger partial charge in [0.25, 0.3) is 5.91 Å². The fourth-order valence-electron chi connectivity index (χ4n) is 3.36. The summed E-state index contributed by atoms with van der Waals surface area (Å²) < 4.78 is 10.7. The number of benzene rings is 2. The van der Waals surface area contributed by atoms with Crippen molar-refractivity contribution < 1.29 is 19.1 Å². The van der Waals surface area contributed by atoms with Crippen LogP contribution >= 0.6 is 0 Å². The van der Waals surface area contributed by atoms with Crippen LogP contribution in [0.15, 0.2) is 49.0 Å². The van der Waals surface area contributed by atoms with Crippen LogP contribution in [0.1, 0.15) is 40.9 Å². The van der Waals surface area contributed by atoms with Crippen molar-refractivity contribution in [3.8, 4) is 11.5 Å². The van der Waals surface area contributed by atoms with Gasteiger partial charge in [-0.25, -0.2) is 0 Å². The molecule has 4 rings (SSSR count). The first kappa shape index (κ1) is 17.1. The van der Waals surface area contributed by atoms with E-state index in [0.29, 0.717) is 29.3 Å². The molecule has 2 aliphatic rings. The predicted molar refractivity (Wildman–Crippen MR) is 100 cm³/mol. The lowest BCUT2D eigenvalue weighted by molar-refractivity contribution is -0.121. The van der Waals surface area contributed by atoms with Gasteiger partial charge in [0.1, 0.15) is 0 Å². The third-order valence-corrected chi connectivity index (χ3v) is 4.88. The van der Waals surface area contributed by atoms with Crippen molar-refractivity contribution in [3.05, 3.63) is 65.7 Å². The van der Waals surface area contributed by atoms with Gasteiger partial charge in [-0.2, -0.15) is 0 Å². The summed E-state index contributed by atoms with van der Waals surface area (Å²) in [5.41, 5.74) is 3.04. The van der Waals surface area contributed by atoms with Crippen LogP contribution in [-0.2, 0) is 4.79 Å². The number of hydrogen-bond donors (Lipinski definition) is 1. The number of carbonyl (C=O) groups excluding carboxylic acids is 2. The number of nitrogens with zero attached hydrogens (tertiary/aromatic N) is 1. The van der Waals surface area contributed by atoms with Crippen molar-refractivity contribution in [2.45, 2.75) is 19.4 Å². The number of fused-ring (bicyclic) bond motifs is 2. The van der Waals surface area contributed by atoms with Crippen LogP contribution in [0.5, 0.6) is 11.5 Å². The third kappa shape index (κ3) is 3.14. The summed E-state index contributed by atoms with van der Waals surface area (Å²) in [6, 6.07) is 12.8. The maximum Gasteiger partial charge on any atom is 0.258 e. The Morgan fingerprint density at radius 2 is 1.93 bits per heavy atom. The van der Waals surface area contributed by atoms with Crippen LogP contribution in [0, 0.1) is 0 Å². The molecule has 0 spiro atoms. The summed E-state index contributed by atoms with van der Waals surface area (Å²) in [5, 5.41) is 2.96. The van der Waals surface area contributed by atoms with E-state index in [2.05, 4.69) is 11.9 Å². The Morgan fingerprint density at radius 1 is 1.19 bits per heavy atom. The molecular formula is C21H20N2O4. The SMILES string of the molecule is C=C1c2ccccc2C(=O)N1CCC(=O)N[C@H](C)c1ccc2c(c1)OCO2. The molecule has 0 aliphatic carbocycles. The fraction of sp³-hybridized carbons (Fsp3) is 0.238. The number of rotatable bonds is 5. The molecule has 1 atom stereocenters. The lowest BCUT2D eigenvalue weighted by Crippen LogP contribution is -2.32. The van der Waals surface area contributed by atoms with Gasteiger partial charge in [-0.15, -0.1) is 0 Å². The van der Waals surface area contributed by atoms with Gasteiger partial charge in [-0.3, -0.25) is 9.59 Å².